The summed E-state index contributed by atoms with van der Waals surface area (Å²) >= 11 is 0. The minimum atomic E-state index is -0.850. The monoisotopic (exact) mass is 802 g/mol. The molecule has 0 saturated heterocycles. The fourth-order valence-electron chi connectivity index (χ4n) is 7.31. The number of nitrogens with one attached hydrogen (secondary N) is 1. The van der Waals surface area contributed by atoms with Crippen LogP contribution < -0.4 is 5.32 Å². The molecule has 334 valence electrons. The van der Waals surface area contributed by atoms with Gasteiger partial charge >= 0.3 is 5.97 Å². The van der Waals surface area contributed by atoms with Gasteiger partial charge in [0.25, 0.3) is 0 Å². The summed E-state index contributed by atoms with van der Waals surface area (Å²) in [5.41, 5.74) is 0. The molecule has 57 heavy (non-hydrogen) atoms. The van der Waals surface area contributed by atoms with Gasteiger partial charge in [0.05, 0.1) is 25.4 Å². The van der Waals surface area contributed by atoms with E-state index < -0.39 is 12.1 Å². The molecule has 0 aliphatic rings. The smallest absolute Gasteiger partial charge is 0.305 e. The third-order valence-corrected chi connectivity index (χ3v) is 11.2. The first-order valence-electron chi connectivity index (χ1n) is 24.8. The molecule has 1 amide bonds. The van der Waals surface area contributed by atoms with Crippen molar-refractivity contribution in [1.82, 2.24) is 5.32 Å². The van der Waals surface area contributed by atoms with E-state index in [0.717, 1.165) is 64.2 Å². The summed E-state index contributed by atoms with van der Waals surface area (Å²) in [4.78, 5) is 24.4. The molecule has 0 spiro atoms. The van der Waals surface area contributed by atoms with Crippen LogP contribution >= 0.6 is 0 Å². The molecule has 0 aliphatic heterocycles. The molecule has 0 aromatic heterocycles. The molecule has 0 fully saturated rings. The highest BCUT2D eigenvalue weighted by atomic mass is 16.5. The molecular formula is C51H95NO5. The van der Waals surface area contributed by atoms with Crippen molar-refractivity contribution in [3.05, 3.63) is 36.5 Å². The lowest BCUT2D eigenvalue weighted by Crippen LogP contribution is -2.45. The number of aliphatic hydroxyl groups is 2. The summed E-state index contributed by atoms with van der Waals surface area (Å²) < 4.78 is 5.45. The van der Waals surface area contributed by atoms with Crippen LogP contribution in [0.25, 0.3) is 0 Å². The highest BCUT2D eigenvalue weighted by molar-refractivity contribution is 5.76. The van der Waals surface area contributed by atoms with Gasteiger partial charge in [-0.3, -0.25) is 9.59 Å². The molecule has 6 nitrogen and oxygen atoms in total. The molecule has 2 atom stereocenters. The largest absolute Gasteiger partial charge is 0.466 e. The van der Waals surface area contributed by atoms with E-state index in [2.05, 4.69) is 43.5 Å². The molecule has 0 aliphatic carbocycles. The Hall–Kier alpha value is -1.92. The number of allylic oxidation sites excluding steroid dienone is 5. The number of ether oxygens (including phenoxy) is 1. The molecule has 0 aromatic carbocycles. The van der Waals surface area contributed by atoms with E-state index >= 15 is 0 Å². The van der Waals surface area contributed by atoms with Crippen LogP contribution in [0.15, 0.2) is 36.5 Å². The maximum absolute atomic E-state index is 12.4. The standard InChI is InChI=1S/C51H95NO5/c1-3-5-7-9-11-13-15-16-17-21-25-29-33-37-41-45-51(56)57-46-42-38-34-30-26-22-19-18-20-24-28-32-36-40-44-50(55)52-48(47-53)49(54)43-39-35-31-27-23-14-12-10-8-6-4-2/h11,13,16-17,39,43,48-49,53-54H,3-10,12,14-15,18-38,40-42,44-47H2,1-2H3,(H,52,55)/b13-11-,17-16-,43-39+. The maximum Gasteiger partial charge on any atom is 0.305 e. The Labute approximate surface area is 353 Å². The lowest BCUT2D eigenvalue weighted by Gasteiger charge is -2.20. The first-order valence-corrected chi connectivity index (χ1v) is 24.8. The van der Waals surface area contributed by atoms with Crippen molar-refractivity contribution < 1.29 is 24.5 Å². The van der Waals surface area contributed by atoms with Crippen molar-refractivity contribution in [2.24, 2.45) is 0 Å². The number of esters is 1. The van der Waals surface area contributed by atoms with E-state index in [0.29, 0.717) is 19.4 Å². The number of hydrogen-bond donors (Lipinski definition) is 3. The van der Waals surface area contributed by atoms with Crippen molar-refractivity contribution >= 4 is 11.9 Å². The van der Waals surface area contributed by atoms with Crippen LogP contribution in [0.5, 0.6) is 0 Å². The lowest BCUT2D eigenvalue weighted by atomic mass is 10.0. The summed E-state index contributed by atoms with van der Waals surface area (Å²) in [6.07, 6.45) is 55.6. The summed E-state index contributed by atoms with van der Waals surface area (Å²) in [6, 6.07) is -0.635. The number of rotatable bonds is 45. The van der Waals surface area contributed by atoms with Crippen molar-refractivity contribution in [3.8, 4) is 0 Å². The van der Waals surface area contributed by atoms with Gasteiger partial charge in [-0.2, -0.15) is 0 Å². The van der Waals surface area contributed by atoms with Crippen molar-refractivity contribution in [1.29, 1.82) is 0 Å². The van der Waals surface area contributed by atoms with Gasteiger partial charge in [0.15, 0.2) is 0 Å². The Morgan fingerprint density at radius 2 is 0.877 bits per heavy atom. The second-order valence-electron chi connectivity index (χ2n) is 16.8. The quantitative estimate of drug-likeness (QED) is 0.0324. The Morgan fingerprint density at radius 1 is 0.491 bits per heavy atom. The molecule has 0 bridgehead atoms. The molecule has 0 rings (SSSR count). The Balaban J connectivity index is 3.47. The highest BCUT2D eigenvalue weighted by Crippen LogP contribution is 2.15. The summed E-state index contributed by atoms with van der Waals surface area (Å²) in [5, 5.41) is 22.9. The van der Waals surface area contributed by atoms with E-state index in [1.54, 1.807) is 6.08 Å². The third kappa shape index (κ3) is 43.5. The average Bonchev–Trinajstić information content (AvgIpc) is 3.21. The van der Waals surface area contributed by atoms with Crippen LogP contribution in [-0.2, 0) is 14.3 Å². The number of amides is 1. The van der Waals surface area contributed by atoms with E-state index in [4.69, 9.17) is 4.74 Å². The zero-order chi connectivity index (χ0) is 41.5. The molecule has 6 heteroatoms. The first-order chi connectivity index (χ1) is 28.0. The zero-order valence-electron chi connectivity index (χ0n) is 37.8. The number of carbonyl (C=O) groups is 2. The normalized spacial score (nSPS) is 13.0. The number of unbranched alkanes of at least 4 members (excludes halogenated alkanes) is 30. The fraction of sp³-hybridized carbons (Fsp3) is 0.843. The van der Waals surface area contributed by atoms with Crippen LogP contribution in [0.3, 0.4) is 0 Å². The molecule has 0 aromatic rings. The van der Waals surface area contributed by atoms with Crippen molar-refractivity contribution in [3.63, 3.8) is 0 Å². The van der Waals surface area contributed by atoms with Crippen LogP contribution in [-0.4, -0.2) is 47.4 Å². The Bertz CT molecular complexity index is 931. The predicted molar refractivity (Wildman–Crippen MR) is 246 cm³/mol. The van der Waals surface area contributed by atoms with E-state index in [1.165, 1.54) is 161 Å². The van der Waals surface area contributed by atoms with Crippen LogP contribution in [0.2, 0.25) is 0 Å². The zero-order valence-corrected chi connectivity index (χ0v) is 37.8. The van der Waals surface area contributed by atoms with Crippen LogP contribution in [0, 0.1) is 0 Å². The minimum absolute atomic E-state index is 0.0184. The molecule has 0 radical (unpaired) electrons. The van der Waals surface area contributed by atoms with Gasteiger partial charge in [0.2, 0.25) is 5.91 Å². The molecular weight excluding hydrogens is 707 g/mol. The van der Waals surface area contributed by atoms with Crippen molar-refractivity contribution in [2.45, 2.75) is 264 Å². The summed E-state index contributed by atoms with van der Waals surface area (Å²) in [6.45, 7) is 4.82. The Morgan fingerprint density at radius 3 is 1.37 bits per heavy atom. The van der Waals surface area contributed by atoms with E-state index in [9.17, 15) is 19.8 Å². The van der Waals surface area contributed by atoms with E-state index in [1.807, 2.05) is 6.08 Å². The number of carbonyl (C=O) groups excluding carboxylic acids is 2. The van der Waals surface area contributed by atoms with Crippen molar-refractivity contribution in [2.75, 3.05) is 13.2 Å². The van der Waals surface area contributed by atoms with E-state index in [-0.39, 0.29) is 18.5 Å². The highest BCUT2D eigenvalue weighted by Gasteiger charge is 2.18. The summed E-state index contributed by atoms with van der Waals surface area (Å²) in [5.74, 6) is -0.0998. The second kappa shape index (κ2) is 46.8. The van der Waals surface area contributed by atoms with Crippen LogP contribution in [0.4, 0.5) is 0 Å². The van der Waals surface area contributed by atoms with Gasteiger partial charge < -0.3 is 20.3 Å². The molecule has 0 saturated carbocycles. The lowest BCUT2D eigenvalue weighted by molar-refractivity contribution is -0.143. The van der Waals surface area contributed by atoms with Crippen LogP contribution in [0.1, 0.15) is 251 Å². The second-order valence-corrected chi connectivity index (χ2v) is 16.8. The van der Waals surface area contributed by atoms with Gasteiger partial charge in [0, 0.05) is 12.8 Å². The van der Waals surface area contributed by atoms with Gasteiger partial charge in [-0.25, -0.2) is 0 Å². The topological polar surface area (TPSA) is 95.9 Å². The van der Waals surface area contributed by atoms with Gasteiger partial charge in [-0.15, -0.1) is 0 Å². The molecule has 0 heterocycles. The summed E-state index contributed by atoms with van der Waals surface area (Å²) in [7, 11) is 0. The number of aliphatic hydroxyl groups excluding tert-OH is 2. The van der Waals surface area contributed by atoms with Gasteiger partial charge in [-0.1, -0.05) is 211 Å². The minimum Gasteiger partial charge on any atom is -0.466 e. The number of hydrogen-bond acceptors (Lipinski definition) is 5. The Kier molecular flexibility index (Phi) is 45.2. The first kappa shape index (κ1) is 55.1. The molecule has 2 unspecified atom stereocenters. The third-order valence-electron chi connectivity index (χ3n) is 11.2. The maximum atomic E-state index is 12.4. The van der Waals surface area contributed by atoms with Gasteiger partial charge in [0.1, 0.15) is 0 Å². The average molecular weight is 802 g/mol. The van der Waals surface area contributed by atoms with Gasteiger partial charge in [-0.05, 0) is 64.2 Å². The SMILES string of the molecule is CCCCC/C=C\C/C=C\CCCCCCCC(=O)OCCCCCCCCCCCCCCCCC(=O)NC(CO)C(O)/C=C/CCCCCCCCCCC. The molecule has 3 N–H and O–H groups in total. The predicted octanol–water partition coefficient (Wildman–Crippen LogP) is 14.5. The fourth-order valence-corrected chi connectivity index (χ4v) is 7.31.